The zero-order valence-corrected chi connectivity index (χ0v) is 7.51. The van der Waals surface area contributed by atoms with E-state index >= 15 is 0 Å². The molecule has 0 aromatic rings. The fourth-order valence-electron chi connectivity index (χ4n) is 1.89. The van der Waals surface area contributed by atoms with Gasteiger partial charge in [0.05, 0.1) is 6.61 Å². The molecule has 0 radical (unpaired) electrons. The highest BCUT2D eigenvalue weighted by molar-refractivity contribution is 4.81. The Balaban J connectivity index is 2.19. The summed E-state index contributed by atoms with van der Waals surface area (Å²) in [6.07, 6.45) is 2.46. The number of aliphatic hydroxyl groups excluding tert-OH is 1. The SMILES string of the molecule is CC(C)CC1CNC(CO)C1. The molecule has 1 rings (SSSR count). The van der Waals surface area contributed by atoms with E-state index in [4.69, 9.17) is 5.11 Å². The van der Waals surface area contributed by atoms with Crippen molar-refractivity contribution in [3.8, 4) is 0 Å². The van der Waals surface area contributed by atoms with Crippen LogP contribution < -0.4 is 5.32 Å². The lowest BCUT2D eigenvalue weighted by molar-refractivity contribution is 0.251. The summed E-state index contributed by atoms with van der Waals surface area (Å²) in [6, 6.07) is 0.374. The van der Waals surface area contributed by atoms with Crippen LogP contribution in [-0.4, -0.2) is 24.3 Å². The van der Waals surface area contributed by atoms with Crippen molar-refractivity contribution in [3.05, 3.63) is 0 Å². The van der Waals surface area contributed by atoms with Crippen molar-refractivity contribution in [3.63, 3.8) is 0 Å². The quantitative estimate of drug-likeness (QED) is 0.640. The predicted octanol–water partition coefficient (Wildman–Crippen LogP) is 1.00. The van der Waals surface area contributed by atoms with E-state index in [1.807, 2.05) is 0 Å². The minimum atomic E-state index is 0.300. The van der Waals surface area contributed by atoms with Crippen LogP contribution >= 0.6 is 0 Å². The van der Waals surface area contributed by atoms with E-state index in [0.717, 1.165) is 24.8 Å². The van der Waals surface area contributed by atoms with E-state index in [-0.39, 0.29) is 0 Å². The third-order valence-corrected chi connectivity index (χ3v) is 2.34. The highest BCUT2D eigenvalue weighted by Crippen LogP contribution is 2.21. The molecule has 2 N–H and O–H groups in total. The van der Waals surface area contributed by atoms with E-state index < -0.39 is 0 Å². The fraction of sp³-hybridized carbons (Fsp3) is 1.00. The van der Waals surface area contributed by atoms with Crippen molar-refractivity contribution in [1.82, 2.24) is 5.32 Å². The molecule has 0 bridgehead atoms. The van der Waals surface area contributed by atoms with Crippen molar-refractivity contribution in [2.75, 3.05) is 13.2 Å². The molecule has 0 aliphatic carbocycles. The molecule has 2 atom stereocenters. The van der Waals surface area contributed by atoms with Crippen LogP contribution in [0.3, 0.4) is 0 Å². The average molecular weight is 157 g/mol. The van der Waals surface area contributed by atoms with Crippen LogP contribution in [0, 0.1) is 11.8 Å². The Morgan fingerprint density at radius 2 is 2.27 bits per heavy atom. The maximum absolute atomic E-state index is 8.86. The van der Waals surface area contributed by atoms with Gasteiger partial charge in [-0.15, -0.1) is 0 Å². The summed E-state index contributed by atoms with van der Waals surface area (Å²) < 4.78 is 0. The molecule has 0 aromatic carbocycles. The Hall–Kier alpha value is -0.0800. The molecule has 1 aliphatic rings. The first-order chi connectivity index (χ1) is 5.22. The maximum Gasteiger partial charge on any atom is 0.0584 e. The molecular weight excluding hydrogens is 138 g/mol. The smallest absolute Gasteiger partial charge is 0.0584 e. The van der Waals surface area contributed by atoms with E-state index in [2.05, 4.69) is 19.2 Å². The van der Waals surface area contributed by atoms with Crippen LogP contribution in [0.2, 0.25) is 0 Å². The van der Waals surface area contributed by atoms with Gasteiger partial charge in [-0.1, -0.05) is 13.8 Å². The molecule has 1 heterocycles. The molecule has 1 saturated heterocycles. The molecule has 0 saturated carbocycles. The minimum absolute atomic E-state index is 0.300. The molecule has 0 aromatic heterocycles. The minimum Gasteiger partial charge on any atom is -0.395 e. The molecule has 2 nitrogen and oxygen atoms in total. The van der Waals surface area contributed by atoms with Crippen LogP contribution in [0.5, 0.6) is 0 Å². The number of aliphatic hydroxyl groups is 1. The Kier molecular flexibility index (Phi) is 3.34. The number of hydrogen-bond acceptors (Lipinski definition) is 2. The topological polar surface area (TPSA) is 32.3 Å². The van der Waals surface area contributed by atoms with Crippen molar-refractivity contribution in [1.29, 1.82) is 0 Å². The van der Waals surface area contributed by atoms with Crippen LogP contribution in [0.25, 0.3) is 0 Å². The molecule has 0 amide bonds. The zero-order valence-electron chi connectivity index (χ0n) is 7.51. The third-order valence-electron chi connectivity index (χ3n) is 2.34. The number of nitrogens with one attached hydrogen (secondary N) is 1. The Morgan fingerprint density at radius 3 is 2.73 bits per heavy atom. The Labute approximate surface area is 69.0 Å². The first-order valence-electron chi connectivity index (χ1n) is 4.56. The van der Waals surface area contributed by atoms with E-state index in [1.54, 1.807) is 0 Å². The second kappa shape index (κ2) is 4.07. The first kappa shape index (κ1) is 9.01. The van der Waals surface area contributed by atoms with Crippen LogP contribution in [0.1, 0.15) is 26.7 Å². The largest absolute Gasteiger partial charge is 0.395 e. The van der Waals surface area contributed by atoms with E-state index in [0.29, 0.717) is 12.6 Å². The first-order valence-corrected chi connectivity index (χ1v) is 4.56. The zero-order chi connectivity index (χ0) is 8.27. The summed E-state index contributed by atoms with van der Waals surface area (Å²) in [6.45, 7) is 5.91. The van der Waals surface area contributed by atoms with Gasteiger partial charge in [-0.2, -0.15) is 0 Å². The summed E-state index contributed by atoms with van der Waals surface area (Å²) in [5.41, 5.74) is 0. The van der Waals surface area contributed by atoms with Gasteiger partial charge in [0, 0.05) is 6.04 Å². The lowest BCUT2D eigenvalue weighted by Gasteiger charge is -2.10. The summed E-state index contributed by atoms with van der Waals surface area (Å²) in [5.74, 6) is 1.59. The average Bonchev–Trinajstić information content (AvgIpc) is 2.34. The molecule has 1 aliphatic heterocycles. The van der Waals surface area contributed by atoms with Crippen molar-refractivity contribution >= 4 is 0 Å². The molecular formula is C9H19NO. The fourth-order valence-corrected chi connectivity index (χ4v) is 1.89. The van der Waals surface area contributed by atoms with Gasteiger partial charge in [-0.3, -0.25) is 0 Å². The van der Waals surface area contributed by atoms with Gasteiger partial charge in [0.15, 0.2) is 0 Å². The van der Waals surface area contributed by atoms with E-state index in [9.17, 15) is 0 Å². The highest BCUT2D eigenvalue weighted by atomic mass is 16.3. The second-order valence-electron chi connectivity index (χ2n) is 4.02. The van der Waals surface area contributed by atoms with Crippen LogP contribution in [0.4, 0.5) is 0 Å². The van der Waals surface area contributed by atoms with Gasteiger partial charge in [-0.05, 0) is 31.2 Å². The van der Waals surface area contributed by atoms with Gasteiger partial charge in [-0.25, -0.2) is 0 Å². The lowest BCUT2D eigenvalue weighted by atomic mass is 9.95. The summed E-state index contributed by atoms with van der Waals surface area (Å²) in [4.78, 5) is 0. The van der Waals surface area contributed by atoms with Crippen LogP contribution in [0.15, 0.2) is 0 Å². The van der Waals surface area contributed by atoms with Crippen molar-refractivity contribution in [2.24, 2.45) is 11.8 Å². The third kappa shape index (κ3) is 2.80. The van der Waals surface area contributed by atoms with Crippen molar-refractivity contribution in [2.45, 2.75) is 32.7 Å². The molecule has 2 unspecified atom stereocenters. The highest BCUT2D eigenvalue weighted by Gasteiger charge is 2.23. The van der Waals surface area contributed by atoms with Gasteiger partial charge in [0.2, 0.25) is 0 Å². The molecule has 0 spiro atoms. The molecule has 66 valence electrons. The molecule has 2 heteroatoms. The van der Waals surface area contributed by atoms with Gasteiger partial charge >= 0.3 is 0 Å². The monoisotopic (exact) mass is 157 g/mol. The van der Waals surface area contributed by atoms with Gasteiger partial charge in [0.1, 0.15) is 0 Å². The number of rotatable bonds is 3. The van der Waals surface area contributed by atoms with Crippen LogP contribution in [-0.2, 0) is 0 Å². The maximum atomic E-state index is 8.86. The molecule has 11 heavy (non-hydrogen) atoms. The Morgan fingerprint density at radius 1 is 1.55 bits per heavy atom. The summed E-state index contributed by atoms with van der Waals surface area (Å²) in [5, 5.41) is 12.2. The summed E-state index contributed by atoms with van der Waals surface area (Å²) in [7, 11) is 0. The predicted molar refractivity (Wildman–Crippen MR) is 46.4 cm³/mol. The Bertz CT molecular complexity index is 114. The molecule has 1 fully saturated rings. The van der Waals surface area contributed by atoms with Gasteiger partial charge < -0.3 is 10.4 Å². The standard InChI is InChI=1S/C9H19NO/c1-7(2)3-8-4-9(6-11)10-5-8/h7-11H,3-6H2,1-2H3. The van der Waals surface area contributed by atoms with Gasteiger partial charge in [0.25, 0.3) is 0 Å². The number of hydrogen-bond donors (Lipinski definition) is 2. The van der Waals surface area contributed by atoms with E-state index in [1.165, 1.54) is 6.42 Å². The second-order valence-corrected chi connectivity index (χ2v) is 4.02. The normalized spacial score (nSPS) is 31.6. The van der Waals surface area contributed by atoms with Crippen molar-refractivity contribution < 1.29 is 5.11 Å². The lowest BCUT2D eigenvalue weighted by Crippen LogP contribution is -2.24. The summed E-state index contributed by atoms with van der Waals surface area (Å²) >= 11 is 0.